The molecule has 2 saturated heterocycles. The van der Waals surface area contributed by atoms with Crippen molar-refractivity contribution in [2.45, 2.75) is 277 Å². The van der Waals surface area contributed by atoms with Gasteiger partial charge in [0.1, 0.15) is 0 Å². The van der Waals surface area contributed by atoms with Crippen LogP contribution in [0.5, 0.6) is 0 Å². The maximum Gasteiger partial charge on any atom is 0.305 e. The Morgan fingerprint density at radius 2 is 0.917 bits per heavy atom. The van der Waals surface area contributed by atoms with Crippen LogP contribution in [-0.4, -0.2) is 68.2 Å². The minimum atomic E-state index is -0.427. The molecular formula is C53H101NO6. The topological polar surface area (TPSA) is 74.3 Å². The van der Waals surface area contributed by atoms with E-state index in [0.717, 1.165) is 77.4 Å². The Morgan fingerprint density at radius 3 is 1.33 bits per heavy atom. The molecular weight excluding hydrogens is 747 g/mol. The van der Waals surface area contributed by atoms with E-state index in [4.69, 9.17) is 18.9 Å². The van der Waals surface area contributed by atoms with Gasteiger partial charge in [-0.25, -0.2) is 0 Å². The van der Waals surface area contributed by atoms with Gasteiger partial charge >= 0.3 is 11.9 Å². The zero-order valence-corrected chi connectivity index (χ0v) is 40.5. The lowest BCUT2D eigenvalue weighted by atomic mass is 9.92. The van der Waals surface area contributed by atoms with Gasteiger partial charge in [0.25, 0.3) is 0 Å². The monoisotopic (exact) mass is 848 g/mol. The van der Waals surface area contributed by atoms with E-state index >= 15 is 0 Å². The van der Waals surface area contributed by atoms with Crippen LogP contribution in [0.2, 0.25) is 0 Å². The first-order chi connectivity index (χ1) is 29.4. The highest BCUT2D eigenvalue weighted by molar-refractivity contribution is 5.69. The molecule has 0 radical (unpaired) electrons. The molecule has 7 heteroatoms. The number of piperidine rings is 1. The third kappa shape index (κ3) is 29.2. The second kappa shape index (κ2) is 38.3. The minimum Gasteiger partial charge on any atom is -0.466 e. The lowest BCUT2D eigenvalue weighted by molar-refractivity contribution is -0.181. The normalized spacial score (nSPS) is 16.9. The zero-order chi connectivity index (χ0) is 43.2. The first kappa shape index (κ1) is 55.0. The number of rotatable bonds is 42. The highest BCUT2D eigenvalue weighted by Crippen LogP contribution is 2.35. The van der Waals surface area contributed by atoms with Crippen molar-refractivity contribution >= 4 is 11.9 Å². The van der Waals surface area contributed by atoms with E-state index in [0.29, 0.717) is 37.9 Å². The van der Waals surface area contributed by atoms with Gasteiger partial charge < -0.3 is 23.8 Å². The molecule has 2 rings (SSSR count). The van der Waals surface area contributed by atoms with E-state index in [9.17, 15) is 9.59 Å². The summed E-state index contributed by atoms with van der Waals surface area (Å²) in [4.78, 5) is 27.5. The fraction of sp³-hybridized carbons (Fsp3) is 0.962. The molecule has 0 bridgehead atoms. The highest BCUT2D eigenvalue weighted by Gasteiger charge is 2.41. The summed E-state index contributed by atoms with van der Waals surface area (Å²) in [7, 11) is 0. The molecule has 1 atom stereocenters. The van der Waals surface area contributed by atoms with E-state index in [-0.39, 0.29) is 18.0 Å². The summed E-state index contributed by atoms with van der Waals surface area (Å²) in [6, 6.07) is 0. The van der Waals surface area contributed by atoms with Gasteiger partial charge in [0.05, 0.1) is 25.9 Å². The van der Waals surface area contributed by atoms with Gasteiger partial charge in [0.2, 0.25) is 0 Å². The SMILES string of the molecule is CCCCCC(CCCCC)CCOC(=O)CCCCCCCCC1(CCCCCCCCC(=O)OCCC(CCCCC)CCCCC)OCC(CN2CCCCC2)O1. The van der Waals surface area contributed by atoms with Gasteiger partial charge in [0, 0.05) is 32.2 Å². The van der Waals surface area contributed by atoms with Crippen molar-refractivity contribution < 1.29 is 28.5 Å². The number of likely N-dealkylation sites (tertiary alicyclic amines) is 1. The minimum absolute atomic E-state index is 0.00257. The summed E-state index contributed by atoms with van der Waals surface area (Å²) in [5, 5.41) is 0. The van der Waals surface area contributed by atoms with Crippen LogP contribution in [0.25, 0.3) is 0 Å². The maximum absolute atomic E-state index is 12.5. The molecule has 0 N–H and O–H groups in total. The summed E-state index contributed by atoms with van der Waals surface area (Å²) in [5.74, 6) is 0.991. The molecule has 2 aliphatic rings. The summed E-state index contributed by atoms with van der Waals surface area (Å²) in [6.45, 7) is 14.4. The molecule has 60 heavy (non-hydrogen) atoms. The molecule has 0 aromatic carbocycles. The van der Waals surface area contributed by atoms with E-state index < -0.39 is 5.79 Å². The average molecular weight is 848 g/mol. The van der Waals surface area contributed by atoms with Crippen LogP contribution >= 0.6 is 0 Å². The van der Waals surface area contributed by atoms with Crippen LogP contribution in [0.1, 0.15) is 265 Å². The first-order valence-electron chi connectivity index (χ1n) is 26.8. The zero-order valence-electron chi connectivity index (χ0n) is 40.5. The van der Waals surface area contributed by atoms with Crippen LogP contribution in [0, 0.1) is 11.8 Å². The van der Waals surface area contributed by atoms with Crippen molar-refractivity contribution in [2.24, 2.45) is 11.8 Å². The van der Waals surface area contributed by atoms with Gasteiger partial charge in [-0.3, -0.25) is 9.59 Å². The molecule has 0 aromatic heterocycles. The van der Waals surface area contributed by atoms with Gasteiger partial charge in [-0.05, 0) is 76.3 Å². The summed E-state index contributed by atoms with van der Waals surface area (Å²) in [6.07, 6.45) is 43.5. The third-order valence-corrected chi connectivity index (χ3v) is 13.6. The Bertz CT molecular complexity index is 906. The molecule has 0 saturated carbocycles. The first-order valence-corrected chi connectivity index (χ1v) is 26.8. The van der Waals surface area contributed by atoms with Gasteiger partial charge in [0.15, 0.2) is 5.79 Å². The van der Waals surface area contributed by atoms with E-state index in [2.05, 4.69) is 32.6 Å². The molecule has 2 aliphatic heterocycles. The predicted molar refractivity (Wildman–Crippen MR) is 252 cm³/mol. The van der Waals surface area contributed by atoms with Gasteiger partial charge in [-0.15, -0.1) is 0 Å². The Morgan fingerprint density at radius 1 is 0.517 bits per heavy atom. The third-order valence-electron chi connectivity index (χ3n) is 13.6. The van der Waals surface area contributed by atoms with Crippen molar-refractivity contribution in [3.05, 3.63) is 0 Å². The Kier molecular flexibility index (Phi) is 35.1. The number of carbonyl (C=O) groups excluding carboxylic acids is 2. The molecule has 1 unspecified atom stereocenters. The van der Waals surface area contributed by atoms with Gasteiger partial charge in [-0.2, -0.15) is 0 Å². The fourth-order valence-electron chi connectivity index (χ4n) is 9.69. The van der Waals surface area contributed by atoms with Crippen LogP contribution in [0.15, 0.2) is 0 Å². The standard InChI is InChI=1S/C53H101NO6/c1-5-9-22-32-48(33-23-10-6-2)38-44-57-51(55)36-26-17-13-15-19-28-40-53(59-47-50(60-53)46-54-42-30-21-31-43-54)41-29-20-16-14-18-27-37-52(56)58-45-39-49(34-24-11-7-3)35-25-12-8-4/h48-50H,5-47H2,1-4H3. The molecule has 2 fully saturated rings. The number of esters is 2. The molecule has 0 spiro atoms. The van der Waals surface area contributed by atoms with E-state index in [1.54, 1.807) is 0 Å². The highest BCUT2D eigenvalue weighted by atomic mass is 16.7. The van der Waals surface area contributed by atoms with Crippen molar-refractivity contribution in [2.75, 3.05) is 39.5 Å². The van der Waals surface area contributed by atoms with Crippen LogP contribution in [0.3, 0.4) is 0 Å². The number of hydrogen-bond acceptors (Lipinski definition) is 7. The second-order valence-corrected chi connectivity index (χ2v) is 19.3. The number of carbonyl (C=O) groups is 2. The number of hydrogen-bond donors (Lipinski definition) is 0. The van der Waals surface area contributed by atoms with Gasteiger partial charge in [-0.1, -0.05) is 188 Å². The largest absolute Gasteiger partial charge is 0.466 e. The smallest absolute Gasteiger partial charge is 0.305 e. The Hall–Kier alpha value is -1.18. The lowest BCUT2D eigenvalue weighted by Gasteiger charge is -2.31. The number of nitrogens with zero attached hydrogens (tertiary/aromatic N) is 1. The quantitative estimate of drug-likeness (QED) is 0.0447. The summed E-state index contributed by atoms with van der Waals surface area (Å²) >= 11 is 0. The van der Waals surface area contributed by atoms with Crippen molar-refractivity contribution in [1.29, 1.82) is 0 Å². The lowest BCUT2D eigenvalue weighted by Crippen LogP contribution is -2.39. The maximum atomic E-state index is 12.5. The van der Waals surface area contributed by atoms with Crippen LogP contribution < -0.4 is 0 Å². The average Bonchev–Trinajstić information content (AvgIpc) is 3.65. The summed E-state index contributed by atoms with van der Waals surface area (Å²) < 4.78 is 24.8. The van der Waals surface area contributed by atoms with Crippen molar-refractivity contribution in [1.82, 2.24) is 4.90 Å². The molecule has 0 aliphatic carbocycles. The number of unbranched alkanes of at least 4 members (excludes halogenated alkanes) is 18. The Labute approximate surface area is 372 Å². The molecule has 354 valence electrons. The van der Waals surface area contributed by atoms with Crippen LogP contribution in [-0.2, 0) is 28.5 Å². The van der Waals surface area contributed by atoms with E-state index in [1.165, 1.54) is 174 Å². The second-order valence-electron chi connectivity index (χ2n) is 19.3. The molecule has 0 amide bonds. The number of ether oxygens (including phenoxy) is 4. The molecule has 2 heterocycles. The summed E-state index contributed by atoms with van der Waals surface area (Å²) in [5.41, 5.74) is 0. The van der Waals surface area contributed by atoms with Crippen molar-refractivity contribution in [3.8, 4) is 0 Å². The molecule has 7 nitrogen and oxygen atoms in total. The van der Waals surface area contributed by atoms with Crippen molar-refractivity contribution in [3.63, 3.8) is 0 Å². The van der Waals surface area contributed by atoms with Crippen LogP contribution in [0.4, 0.5) is 0 Å². The predicted octanol–water partition coefficient (Wildman–Crippen LogP) is 15.2. The van der Waals surface area contributed by atoms with E-state index in [1.807, 2.05) is 0 Å². The Balaban J connectivity index is 1.61. The fourth-order valence-corrected chi connectivity index (χ4v) is 9.69. The molecule has 0 aromatic rings.